The molecular formula is C5H16O6Ti. The van der Waals surface area contributed by atoms with Gasteiger partial charge in [0.05, 0.1) is 6.26 Å². The van der Waals surface area contributed by atoms with Gasteiger partial charge < -0.3 is 30.6 Å². The Labute approximate surface area is 86.3 Å². The molecule has 0 spiro atoms. The van der Waals surface area contributed by atoms with E-state index < -0.39 is 6.48 Å². The summed E-state index contributed by atoms with van der Waals surface area (Å²) in [6.07, 6.45) is 0.750. The molecule has 7 heteroatoms. The van der Waals surface area contributed by atoms with Crippen molar-refractivity contribution in [3.8, 4) is 0 Å². The van der Waals surface area contributed by atoms with Crippen LogP contribution in [-0.2, 0) is 31.2 Å². The van der Waals surface area contributed by atoms with Gasteiger partial charge in [0.15, 0.2) is 0 Å². The third-order valence-electron chi connectivity index (χ3n) is 0.403. The first kappa shape index (κ1) is 29.6. The summed E-state index contributed by atoms with van der Waals surface area (Å²) in [5.41, 5.74) is 0. The largest absolute Gasteiger partial charge is 0.516 e. The zero-order valence-electron chi connectivity index (χ0n) is 7.07. The molecule has 12 heavy (non-hydrogen) atoms. The quantitative estimate of drug-likeness (QED) is 0.337. The fraction of sp³-hybridized carbons (Fsp3) is 0.600. The molecule has 0 aromatic rings. The Morgan fingerprint density at radius 2 is 1.42 bits per heavy atom. The fourth-order valence-corrected chi connectivity index (χ4v) is 0.0962. The molecule has 0 bridgehead atoms. The van der Waals surface area contributed by atoms with E-state index in [2.05, 4.69) is 16.1 Å². The summed E-state index contributed by atoms with van der Waals surface area (Å²) in [6, 6.07) is 0. The molecule has 0 amide bonds. The van der Waals surface area contributed by atoms with E-state index >= 15 is 0 Å². The number of methoxy groups -OCH3 is 2. The summed E-state index contributed by atoms with van der Waals surface area (Å²) in [4.78, 5) is 0. The third-order valence-corrected chi connectivity index (χ3v) is 0.403. The van der Waals surface area contributed by atoms with Crippen LogP contribution < -0.4 is 0 Å². The first-order chi connectivity index (χ1) is 4.22. The summed E-state index contributed by atoms with van der Waals surface area (Å²) in [5.74, 6) is 0. The molecule has 0 aliphatic heterocycles. The van der Waals surface area contributed by atoms with Crippen LogP contribution >= 0.6 is 0 Å². The van der Waals surface area contributed by atoms with Crippen LogP contribution in [0, 0.1) is 0 Å². The van der Waals surface area contributed by atoms with Gasteiger partial charge in [-0.15, -0.1) is 0 Å². The van der Waals surface area contributed by atoms with Crippen molar-refractivity contribution in [2.24, 2.45) is 0 Å². The molecule has 0 unspecified atom stereocenters. The molecule has 0 aliphatic carbocycles. The van der Waals surface area contributed by atoms with Gasteiger partial charge >= 0.3 is 0 Å². The number of ether oxygens (including phenoxy) is 2. The minimum absolute atomic E-state index is 0. The number of aliphatic hydroxyl groups excluding tert-OH is 2. The first-order valence-electron chi connectivity index (χ1n) is 2.21. The maximum atomic E-state index is 8.22. The maximum absolute atomic E-state index is 8.22. The average Bonchev–Trinajstić information content (AvgIpc) is 1.88. The molecule has 6 nitrogen and oxygen atoms in total. The van der Waals surface area contributed by atoms with E-state index in [1.165, 1.54) is 14.2 Å². The van der Waals surface area contributed by atoms with Crippen molar-refractivity contribution in [3.63, 3.8) is 0 Å². The Bertz CT molecular complexity index is 57.9. The Kier molecular flexibility index (Phi) is 75.2. The number of hydrogen-bond donors (Lipinski definition) is 2. The molecule has 6 N–H and O–H groups in total. The average molecular weight is 220 g/mol. The Hall–Kier alpha value is 0.0543. The minimum atomic E-state index is -1.06. The molecule has 0 saturated heterocycles. The van der Waals surface area contributed by atoms with Gasteiger partial charge in [-0.25, -0.2) is 0 Å². The molecule has 76 valence electrons. The third kappa shape index (κ3) is 50.1. The normalized spacial score (nSPS) is 6.00. The Morgan fingerprint density at radius 3 is 1.42 bits per heavy atom. The Morgan fingerprint density at radius 1 is 1.25 bits per heavy atom. The standard InChI is InChI=1S/C3H8O3.C2H4O.2H2O.Ti/c1-5-3(4)6-2;1-2-3;;;/h3-4H,1-2H3;2-3H,1H2;2*1H2;. The zero-order valence-corrected chi connectivity index (χ0v) is 8.63. The predicted octanol–water partition coefficient (Wildman–Crippen LogP) is -1.41. The molecule has 0 rings (SSSR count). The molecule has 0 saturated carbocycles. The van der Waals surface area contributed by atoms with E-state index in [4.69, 9.17) is 10.2 Å². The van der Waals surface area contributed by atoms with E-state index in [0.717, 1.165) is 6.26 Å². The second-order valence-corrected chi connectivity index (χ2v) is 0.961. The van der Waals surface area contributed by atoms with Gasteiger partial charge in [0.1, 0.15) is 0 Å². The monoisotopic (exact) mass is 220 g/mol. The van der Waals surface area contributed by atoms with Crippen LogP contribution in [0.15, 0.2) is 12.8 Å². The maximum Gasteiger partial charge on any atom is 0.268 e. The molecule has 0 aliphatic rings. The van der Waals surface area contributed by atoms with Crippen molar-refractivity contribution >= 4 is 0 Å². The minimum Gasteiger partial charge on any atom is -0.516 e. The topological polar surface area (TPSA) is 122 Å². The first-order valence-corrected chi connectivity index (χ1v) is 2.21. The summed E-state index contributed by atoms with van der Waals surface area (Å²) in [7, 11) is 2.71. The fourth-order valence-electron chi connectivity index (χ4n) is 0.0962. The summed E-state index contributed by atoms with van der Waals surface area (Å²) in [6.45, 7) is 1.85. The molecule has 0 atom stereocenters. The second-order valence-electron chi connectivity index (χ2n) is 0.961. The smallest absolute Gasteiger partial charge is 0.268 e. The Balaban J connectivity index is -0.0000000246. The van der Waals surface area contributed by atoms with Gasteiger partial charge in [0, 0.05) is 35.9 Å². The number of aliphatic hydroxyl groups is 2. The summed E-state index contributed by atoms with van der Waals surface area (Å²) in [5, 5.41) is 15.6. The van der Waals surface area contributed by atoms with Crippen LogP contribution in [0.2, 0.25) is 0 Å². The molecular weight excluding hydrogens is 204 g/mol. The SMILES string of the molecule is C=CO.COC(O)OC.O.O.[Ti]. The van der Waals surface area contributed by atoms with E-state index in [0.29, 0.717) is 0 Å². The molecule has 0 aromatic carbocycles. The second kappa shape index (κ2) is 30.5. The van der Waals surface area contributed by atoms with Gasteiger partial charge in [-0.05, 0) is 0 Å². The van der Waals surface area contributed by atoms with Crippen LogP contribution in [0.5, 0.6) is 0 Å². The van der Waals surface area contributed by atoms with E-state index in [-0.39, 0.29) is 32.7 Å². The van der Waals surface area contributed by atoms with Crippen molar-refractivity contribution < 1.29 is 52.4 Å². The van der Waals surface area contributed by atoms with Gasteiger partial charge in [-0.2, -0.15) is 0 Å². The van der Waals surface area contributed by atoms with Crippen molar-refractivity contribution in [2.45, 2.75) is 6.48 Å². The van der Waals surface area contributed by atoms with Crippen LogP contribution in [-0.4, -0.2) is 41.9 Å². The van der Waals surface area contributed by atoms with Crippen LogP contribution in [0.1, 0.15) is 0 Å². The van der Waals surface area contributed by atoms with Crippen molar-refractivity contribution in [1.29, 1.82) is 0 Å². The molecule has 0 fully saturated rings. The van der Waals surface area contributed by atoms with Gasteiger partial charge in [-0.3, -0.25) is 0 Å². The summed E-state index contributed by atoms with van der Waals surface area (Å²) < 4.78 is 8.47. The summed E-state index contributed by atoms with van der Waals surface area (Å²) >= 11 is 0. The van der Waals surface area contributed by atoms with Crippen LogP contribution in [0.4, 0.5) is 0 Å². The van der Waals surface area contributed by atoms with E-state index in [9.17, 15) is 0 Å². The van der Waals surface area contributed by atoms with E-state index in [1.807, 2.05) is 0 Å². The van der Waals surface area contributed by atoms with Gasteiger partial charge in [-0.1, -0.05) is 6.58 Å². The molecule has 0 radical (unpaired) electrons. The molecule has 0 aromatic heterocycles. The van der Waals surface area contributed by atoms with Crippen molar-refractivity contribution in [3.05, 3.63) is 12.8 Å². The van der Waals surface area contributed by atoms with Gasteiger partial charge in [0.2, 0.25) is 0 Å². The van der Waals surface area contributed by atoms with Gasteiger partial charge in [0.25, 0.3) is 6.48 Å². The van der Waals surface area contributed by atoms with Crippen LogP contribution in [0.25, 0.3) is 0 Å². The van der Waals surface area contributed by atoms with Crippen LogP contribution in [0.3, 0.4) is 0 Å². The van der Waals surface area contributed by atoms with Crippen molar-refractivity contribution in [1.82, 2.24) is 0 Å². The predicted molar refractivity (Wildman–Crippen MR) is 40.1 cm³/mol. The van der Waals surface area contributed by atoms with E-state index in [1.54, 1.807) is 0 Å². The number of hydrogen-bond acceptors (Lipinski definition) is 4. The zero-order chi connectivity index (χ0) is 7.70. The number of rotatable bonds is 2. The molecule has 0 heterocycles. The van der Waals surface area contributed by atoms with Crippen molar-refractivity contribution in [2.75, 3.05) is 14.2 Å².